The molecule has 0 unspecified atom stereocenters. The first-order chi connectivity index (χ1) is 5.42. The van der Waals surface area contributed by atoms with E-state index in [1.165, 1.54) is 0 Å². The topological polar surface area (TPSA) is 60.2 Å². The average Bonchev–Trinajstić information content (AvgIpc) is 1.94. The summed E-state index contributed by atoms with van der Waals surface area (Å²) in [6, 6.07) is 0.0773. The van der Waals surface area contributed by atoms with Crippen molar-refractivity contribution in [2.24, 2.45) is 17.6 Å². The summed E-state index contributed by atoms with van der Waals surface area (Å²) in [5.74, 6) is 1.09. The van der Waals surface area contributed by atoms with Crippen molar-refractivity contribution in [1.82, 2.24) is 0 Å². The highest BCUT2D eigenvalue weighted by atomic mass is 32.2. The summed E-state index contributed by atoms with van der Waals surface area (Å²) < 4.78 is 22.5. The Hall–Kier alpha value is -0.0900. The van der Waals surface area contributed by atoms with Gasteiger partial charge in [0.25, 0.3) is 0 Å². The smallest absolute Gasteiger partial charge is 0.150 e. The second kappa shape index (κ2) is 3.34. The average molecular weight is 191 g/mol. The van der Waals surface area contributed by atoms with Crippen molar-refractivity contribution in [2.45, 2.75) is 26.3 Å². The van der Waals surface area contributed by atoms with Crippen LogP contribution in [0, 0.1) is 11.8 Å². The minimum Gasteiger partial charge on any atom is -0.327 e. The molecule has 0 bridgehead atoms. The van der Waals surface area contributed by atoms with E-state index in [9.17, 15) is 8.42 Å². The predicted octanol–water partition coefficient (Wildman–Crippen LogP) is 0.404. The summed E-state index contributed by atoms with van der Waals surface area (Å²) in [7, 11) is -2.79. The van der Waals surface area contributed by atoms with E-state index in [0.29, 0.717) is 12.3 Å². The lowest BCUT2D eigenvalue weighted by molar-refractivity contribution is 0.329. The minimum atomic E-state index is -2.79. The molecule has 0 aromatic rings. The molecule has 1 heterocycles. The standard InChI is InChI=1S/C8H17NO2S/c1-6(2)7-5-12(10,11)4-3-8(7)9/h6-8H,3-5,9H2,1-2H3/t7-,8-/m0/s1. The lowest BCUT2D eigenvalue weighted by Gasteiger charge is -2.31. The minimum absolute atomic E-state index is 0.0773. The molecule has 4 heteroatoms. The molecule has 0 spiro atoms. The number of sulfone groups is 1. The zero-order chi connectivity index (χ0) is 9.35. The van der Waals surface area contributed by atoms with E-state index >= 15 is 0 Å². The highest BCUT2D eigenvalue weighted by Gasteiger charge is 2.32. The van der Waals surface area contributed by atoms with Crippen LogP contribution in [0.2, 0.25) is 0 Å². The van der Waals surface area contributed by atoms with Crippen molar-refractivity contribution in [3.8, 4) is 0 Å². The first-order valence-corrected chi connectivity index (χ1v) is 6.20. The van der Waals surface area contributed by atoms with Gasteiger partial charge in [0.15, 0.2) is 9.84 Å². The van der Waals surface area contributed by atoms with Gasteiger partial charge in [0.1, 0.15) is 0 Å². The summed E-state index contributed by atoms with van der Waals surface area (Å²) in [6.45, 7) is 4.07. The highest BCUT2D eigenvalue weighted by Crippen LogP contribution is 2.23. The lowest BCUT2D eigenvalue weighted by atomic mass is 9.89. The third-order valence-electron chi connectivity index (χ3n) is 2.61. The molecule has 0 radical (unpaired) electrons. The Morgan fingerprint density at radius 2 is 2.00 bits per heavy atom. The third-order valence-corrected chi connectivity index (χ3v) is 4.37. The van der Waals surface area contributed by atoms with Gasteiger partial charge in [0.2, 0.25) is 0 Å². The van der Waals surface area contributed by atoms with Gasteiger partial charge in [-0.25, -0.2) is 8.42 Å². The monoisotopic (exact) mass is 191 g/mol. The molecule has 72 valence electrons. The molecule has 1 fully saturated rings. The first-order valence-electron chi connectivity index (χ1n) is 4.38. The van der Waals surface area contributed by atoms with Gasteiger partial charge in [-0.2, -0.15) is 0 Å². The molecule has 0 amide bonds. The first kappa shape index (κ1) is 9.99. The second-order valence-corrected chi connectivity index (χ2v) is 6.20. The Balaban J connectivity index is 2.73. The van der Waals surface area contributed by atoms with Crippen LogP contribution in [0.4, 0.5) is 0 Å². The van der Waals surface area contributed by atoms with Crippen LogP contribution < -0.4 is 5.73 Å². The van der Waals surface area contributed by atoms with Crippen molar-refractivity contribution in [1.29, 1.82) is 0 Å². The Morgan fingerprint density at radius 3 is 2.42 bits per heavy atom. The number of nitrogens with two attached hydrogens (primary N) is 1. The third kappa shape index (κ3) is 2.20. The molecule has 3 nitrogen and oxygen atoms in total. The summed E-state index contributed by atoms with van der Waals surface area (Å²) in [5.41, 5.74) is 5.84. The molecule has 0 saturated carbocycles. The summed E-state index contributed by atoms with van der Waals surface area (Å²) in [6.07, 6.45) is 0.630. The molecule has 1 rings (SSSR count). The highest BCUT2D eigenvalue weighted by molar-refractivity contribution is 7.91. The Labute approximate surface area is 74.3 Å². The van der Waals surface area contributed by atoms with Crippen LogP contribution in [-0.4, -0.2) is 26.0 Å². The van der Waals surface area contributed by atoms with Crippen LogP contribution in [0.1, 0.15) is 20.3 Å². The van der Waals surface area contributed by atoms with Gasteiger partial charge in [-0.05, 0) is 18.3 Å². The van der Waals surface area contributed by atoms with Crippen LogP contribution in [0.15, 0.2) is 0 Å². The molecule has 0 aromatic carbocycles. The van der Waals surface area contributed by atoms with Crippen LogP contribution in [-0.2, 0) is 9.84 Å². The quantitative estimate of drug-likeness (QED) is 0.653. The Kier molecular flexibility index (Phi) is 2.78. The molecule has 0 aliphatic carbocycles. The molecule has 1 aliphatic heterocycles. The largest absolute Gasteiger partial charge is 0.327 e. The van der Waals surface area contributed by atoms with Crippen molar-refractivity contribution in [3.05, 3.63) is 0 Å². The second-order valence-electron chi connectivity index (χ2n) is 3.97. The maximum Gasteiger partial charge on any atom is 0.150 e. The van der Waals surface area contributed by atoms with E-state index in [1.807, 2.05) is 13.8 Å². The van der Waals surface area contributed by atoms with E-state index in [-0.39, 0.29) is 23.5 Å². The maximum atomic E-state index is 11.3. The summed E-state index contributed by atoms with van der Waals surface area (Å²) in [5, 5.41) is 0. The van der Waals surface area contributed by atoms with E-state index in [1.54, 1.807) is 0 Å². The molecule has 12 heavy (non-hydrogen) atoms. The van der Waals surface area contributed by atoms with Gasteiger partial charge >= 0.3 is 0 Å². The van der Waals surface area contributed by atoms with Gasteiger partial charge in [0.05, 0.1) is 11.5 Å². The summed E-state index contributed by atoms with van der Waals surface area (Å²) >= 11 is 0. The van der Waals surface area contributed by atoms with Gasteiger partial charge < -0.3 is 5.73 Å². The molecule has 2 N–H and O–H groups in total. The molecule has 0 aromatic heterocycles. The lowest BCUT2D eigenvalue weighted by Crippen LogP contribution is -2.44. The molecule has 1 aliphatic rings. The Morgan fingerprint density at radius 1 is 1.42 bits per heavy atom. The fraction of sp³-hybridized carbons (Fsp3) is 1.00. The van der Waals surface area contributed by atoms with Crippen molar-refractivity contribution < 1.29 is 8.42 Å². The predicted molar refractivity (Wildman–Crippen MR) is 49.6 cm³/mol. The fourth-order valence-electron chi connectivity index (χ4n) is 1.72. The molecular formula is C8H17NO2S. The normalized spacial score (nSPS) is 35.3. The maximum absolute atomic E-state index is 11.3. The number of hydrogen-bond acceptors (Lipinski definition) is 3. The van der Waals surface area contributed by atoms with Crippen molar-refractivity contribution >= 4 is 9.84 Å². The number of hydrogen-bond donors (Lipinski definition) is 1. The van der Waals surface area contributed by atoms with E-state index in [0.717, 1.165) is 0 Å². The zero-order valence-electron chi connectivity index (χ0n) is 7.66. The van der Waals surface area contributed by atoms with Crippen molar-refractivity contribution in [2.75, 3.05) is 11.5 Å². The zero-order valence-corrected chi connectivity index (χ0v) is 8.47. The van der Waals surface area contributed by atoms with Gasteiger partial charge in [0, 0.05) is 6.04 Å². The van der Waals surface area contributed by atoms with Crippen LogP contribution in [0.3, 0.4) is 0 Å². The molecule has 2 atom stereocenters. The van der Waals surface area contributed by atoms with Gasteiger partial charge in [-0.15, -0.1) is 0 Å². The van der Waals surface area contributed by atoms with Crippen LogP contribution in [0.5, 0.6) is 0 Å². The van der Waals surface area contributed by atoms with Gasteiger partial charge in [-0.3, -0.25) is 0 Å². The molecular weight excluding hydrogens is 174 g/mol. The van der Waals surface area contributed by atoms with Crippen LogP contribution in [0.25, 0.3) is 0 Å². The van der Waals surface area contributed by atoms with E-state index in [4.69, 9.17) is 5.73 Å². The Bertz CT molecular complexity index is 246. The van der Waals surface area contributed by atoms with E-state index in [2.05, 4.69) is 0 Å². The van der Waals surface area contributed by atoms with E-state index < -0.39 is 9.84 Å². The molecule has 1 saturated heterocycles. The van der Waals surface area contributed by atoms with Crippen LogP contribution >= 0.6 is 0 Å². The summed E-state index contributed by atoms with van der Waals surface area (Å²) in [4.78, 5) is 0. The number of rotatable bonds is 1. The van der Waals surface area contributed by atoms with Crippen molar-refractivity contribution in [3.63, 3.8) is 0 Å². The fourth-order valence-corrected chi connectivity index (χ4v) is 3.73. The SMILES string of the molecule is CC(C)[C@@H]1CS(=O)(=O)CC[C@@H]1N. The van der Waals surface area contributed by atoms with Gasteiger partial charge in [-0.1, -0.05) is 13.8 Å².